The van der Waals surface area contributed by atoms with Gasteiger partial charge < -0.3 is 0 Å². The zero-order valence-electron chi connectivity index (χ0n) is 11.0. The second kappa shape index (κ2) is 4.88. The average molecular weight is 299 g/mol. The molecule has 0 fully saturated rings. The predicted molar refractivity (Wildman–Crippen MR) is 77.7 cm³/mol. The lowest BCUT2D eigenvalue weighted by Gasteiger charge is -2.21. The molecule has 1 aromatic heterocycles. The monoisotopic (exact) mass is 299 g/mol. The van der Waals surface area contributed by atoms with E-state index in [0.29, 0.717) is 5.56 Å². The van der Waals surface area contributed by atoms with Crippen molar-refractivity contribution < 1.29 is 4.79 Å². The summed E-state index contributed by atoms with van der Waals surface area (Å²) in [5.41, 5.74) is -4.65. The van der Waals surface area contributed by atoms with Gasteiger partial charge in [-0.2, -0.15) is 4.57 Å². The topological polar surface area (TPSA) is 130 Å². The molecule has 110 valence electrons. The van der Waals surface area contributed by atoms with Crippen LogP contribution in [0.3, 0.4) is 0 Å². The summed E-state index contributed by atoms with van der Waals surface area (Å²) in [6, 6.07) is 8.29. The molecule has 1 aromatic carbocycles. The largest absolute Gasteiger partial charge is 0.340 e. The molecule has 0 aliphatic carbocycles. The summed E-state index contributed by atoms with van der Waals surface area (Å²) in [6.07, 6.45) is 2.60. The molecular weight excluding hydrogens is 290 g/mol. The van der Waals surface area contributed by atoms with Crippen LogP contribution in [-0.4, -0.2) is 32.9 Å². The first-order chi connectivity index (χ1) is 10.5. The van der Waals surface area contributed by atoms with Gasteiger partial charge in [0.2, 0.25) is 0 Å². The number of aliphatic imine (C=N–C) groups is 2. The highest BCUT2D eigenvalue weighted by molar-refractivity contribution is 6.19. The lowest BCUT2D eigenvalue weighted by Crippen LogP contribution is -2.51. The molecule has 2 N–H and O–H groups in total. The number of nitrogens with zero attached hydrogens (tertiary/aromatic N) is 3. The first-order valence-electron chi connectivity index (χ1n) is 6.19. The Kier molecular flexibility index (Phi) is 3.02. The van der Waals surface area contributed by atoms with Crippen LogP contribution in [0, 0.1) is 0 Å². The van der Waals surface area contributed by atoms with E-state index < -0.39 is 28.6 Å². The molecule has 22 heavy (non-hydrogen) atoms. The van der Waals surface area contributed by atoms with Crippen LogP contribution in [0.15, 0.2) is 54.7 Å². The molecule has 0 amide bonds. The highest BCUT2D eigenvalue weighted by Gasteiger charge is 2.43. The van der Waals surface area contributed by atoms with Crippen molar-refractivity contribution in [2.75, 3.05) is 0 Å². The van der Waals surface area contributed by atoms with Crippen LogP contribution in [0.2, 0.25) is 0 Å². The normalized spacial score (nSPS) is 15.1. The molecule has 0 radical (unpaired) electrons. The Balaban J connectivity index is 2.25. The summed E-state index contributed by atoms with van der Waals surface area (Å²) < 4.78 is 0.272. The third-order valence-corrected chi connectivity index (χ3v) is 3.11. The van der Waals surface area contributed by atoms with Crippen molar-refractivity contribution in [2.24, 2.45) is 9.98 Å². The number of benzene rings is 1. The number of hydrogen-bond acceptors (Lipinski definition) is 6. The minimum absolute atomic E-state index is 0.272. The first kappa shape index (κ1) is 13.6. The van der Waals surface area contributed by atoms with Gasteiger partial charge in [0.15, 0.2) is 0 Å². The van der Waals surface area contributed by atoms with Crippen molar-refractivity contribution in [3.8, 4) is 0 Å². The van der Waals surface area contributed by atoms with Crippen LogP contribution in [0.25, 0.3) is 0 Å². The third-order valence-electron chi connectivity index (χ3n) is 3.11. The van der Waals surface area contributed by atoms with Gasteiger partial charge in [0.05, 0.1) is 0 Å². The SMILES string of the molecule is O=C(n1c(=O)[nH]c(=O)[nH]c1=O)C1(c2ccccc2)N=CC=N1. The quantitative estimate of drug-likeness (QED) is 0.727. The Morgan fingerprint density at radius 1 is 0.955 bits per heavy atom. The minimum Gasteiger partial charge on any atom is -0.268 e. The molecule has 1 aliphatic rings. The molecule has 0 bridgehead atoms. The van der Waals surface area contributed by atoms with E-state index in [-0.39, 0.29) is 4.57 Å². The molecule has 9 nitrogen and oxygen atoms in total. The van der Waals surface area contributed by atoms with Crippen molar-refractivity contribution in [1.29, 1.82) is 0 Å². The number of H-pyrrole nitrogens is 2. The molecule has 0 unspecified atom stereocenters. The molecule has 2 heterocycles. The summed E-state index contributed by atoms with van der Waals surface area (Å²) in [5.74, 6) is -0.980. The van der Waals surface area contributed by atoms with Crippen molar-refractivity contribution in [3.05, 3.63) is 67.3 Å². The second-order valence-electron chi connectivity index (χ2n) is 4.42. The lowest BCUT2D eigenvalue weighted by atomic mass is 10.00. The van der Waals surface area contributed by atoms with Crippen LogP contribution < -0.4 is 17.1 Å². The second-order valence-corrected chi connectivity index (χ2v) is 4.42. The van der Waals surface area contributed by atoms with Gasteiger partial charge in [0, 0.05) is 18.0 Å². The van der Waals surface area contributed by atoms with E-state index in [4.69, 9.17) is 0 Å². The molecule has 3 rings (SSSR count). The Hall–Kier alpha value is -3.36. The summed E-state index contributed by atoms with van der Waals surface area (Å²) >= 11 is 0. The van der Waals surface area contributed by atoms with E-state index >= 15 is 0 Å². The maximum atomic E-state index is 12.7. The number of carbonyl (C=O) groups is 1. The predicted octanol–water partition coefficient (Wildman–Crippen LogP) is -1.13. The van der Waals surface area contributed by atoms with Gasteiger partial charge in [-0.3, -0.25) is 14.8 Å². The Bertz CT molecular complexity index is 918. The maximum Gasteiger partial charge on any atom is 0.340 e. The van der Waals surface area contributed by atoms with Crippen LogP contribution >= 0.6 is 0 Å². The van der Waals surface area contributed by atoms with Gasteiger partial charge in [-0.15, -0.1) is 0 Å². The van der Waals surface area contributed by atoms with Gasteiger partial charge in [0.1, 0.15) is 0 Å². The van der Waals surface area contributed by atoms with E-state index in [1.165, 1.54) is 12.4 Å². The Morgan fingerprint density at radius 3 is 2.05 bits per heavy atom. The van der Waals surface area contributed by atoms with E-state index in [0.717, 1.165) is 0 Å². The molecule has 9 heteroatoms. The Morgan fingerprint density at radius 2 is 1.50 bits per heavy atom. The molecule has 0 atom stereocenters. The minimum atomic E-state index is -1.75. The van der Waals surface area contributed by atoms with Crippen molar-refractivity contribution in [3.63, 3.8) is 0 Å². The fourth-order valence-corrected chi connectivity index (χ4v) is 2.14. The summed E-state index contributed by atoms with van der Waals surface area (Å²) in [7, 11) is 0. The maximum absolute atomic E-state index is 12.7. The molecule has 1 aliphatic heterocycles. The van der Waals surface area contributed by atoms with Gasteiger partial charge in [-0.25, -0.2) is 24.4 Å². The van der Waals surface area contributed by atoms with E-state index in [2.05, 4.69) is 9.98 Å². The summed E-state index contributed by atoms with van der Waals surface area (Å²) in [4.78, 5) is 59.1. The fourth-order valence-electron chi connectivity index (χ4n) is 2.14. The molecule has 0 spiro atoms. The zero-order chi connectivity index (χ0) is 15.7. The number of aromatic amines is 2. The number of rotatable bonds is 2. The standard InChI is InChI=1S/C13H9N5O4/c19-9(18-11(21)16-10(20)17-12(18)22)13(14-6-7-15-13)8-4-2-1-3-5-8/h1-7H,(H2,16,17,20,21,22). The van der Waals surface area contributed by atoms with Crippen LogP contribution in [-0.2, 0) is 5.66 Å². The highest BCUT2D eigenvalue weighted by Crippen LogP contribution is 2.30. The van der Waals surface area contributed by atoms with E-state index in [1.54, 1.807) is 30.3 Å². The smallest absolute Gasteiger partial charge is 0.268 e. The highest BCUT2D eigenvalue weighted by atomic mass is 16.2. The number of aromatic nitrogens is 3. The molecular formula is C13H9N5O4. The first-order valence-corrected chi connectivity index (χ1v) is 6.19. The fraction of sp³-hybridized carbons (Fsp3) is 0.0769. The number of carbonyl (C=O) groups excluding carboxylic acids is 1. The zero-order valence-corrected chi connectivity index (χ0v) is 11.0. The van der Waals surface area contributed by atoms with Crippen LogP contribution in [0.5, 0.6) is 0 Å². The third kappa shape index (κ3) is 1.95. The van der Waals surface area contributed by atoms with Crippen molar-refractivity contribution in [1.82, 2.24) is 14.5 Å². The van der Waals surface area contributed by atoms with E-state index in [1.807, 2.05) is 9.97 Å². The molecule has 0 saturated heterocycles. The average Bonchev–Trinajstić information content (AvgIpc) is 2.97. The van der Waals surface area contributed by atoms with Gasteiger partial charge in [0.25, 0.3) is 11.6 Å². The summed E-state index contributed by atoms with van der Waals surface area (Å²) in [6.45, 7) is 0. The van der Waals surface area contributed by atoms with Crippen LogP contribution in [0.1, 0.15) is 10.4 Å². The molecule has 2 aromatic rings. The van der Waals surface area contributed by atoms with Crippen LogP contribution in [0.4, 0.5) is 0 Å². The summed E-state index contributed by atoms with van der Waals surface area (Å²) in [5, 5.41) is 0. The lowest BCUT2D eigenvalue weighted by molar-refractivity contribution is 0.0796. The van der Waals surface area contributed by atoms with Gasteiger partial charge in [-0.1, -0.05) is 30.3 Å². The van der Waals surface area contributed by atoms with Gasteiger partial charge in [-0.05, 0) is 0 Å². The number of hydrogen-bond donors (Lipinski definition) is 2. The Labute approximate surface area is 121 Å². The van der Waals surface area contributed by atoms with Crippen molar-refractivity contribution in [2.45, 2.75) is 5.66 Å². The molecule has 0 saturated carbocycles. The van der Waals surface area contributed by atoms with E-state index in [9.17, 15) is 19.2 Å². The number of nitrogens with one attached hydrogen (secondary N) is 2. The van der Waals surface area contributed by atoms with Gasteiger partial charge >= 0.3 is 17.1 Å². The van der Waals surface area contributed by atoms with Crippen molar-refractivity contribution >= 4 is 18.3 Å².